The van der Waals surface area contributed by atoms with Crippen LogP contribution in [0, 0.1) is 0 Å². The van der Waals surface area contributed by atoms with Crippen molar-refractivity contribution < 1.29 is 18.9 Å². The summed E-state index contributed by atoms with van der Waals surface area (Å²) in [5, 5.41) is 3.30. The second-order valence-electron chi connectivity index (χ2n) is 3.98. The summed E-state index contributed by atoms with van der Waals surface area (Å²) in [4.78, 5) is 0. The SMILES string of the molecule is CSCCNCCOCCOCCOCCOCCN. The van der Waals surface area contributed by atoms with E-state index in [-0.39, 0.29) is 0 Å². The van der Waals surface area contributed by atoms with Crippen LogP contribution in [0.25, 0.3) is 0 Å². The van der Waals surface area contributed by atoms with Gasteiger partial charge in [0, 0.05) is 25.4 Å². The smallest absolute Gasteiger partial charge is 0.0701 e. The van der Waals surface area contributed by atoms with E-state index in [1.165, 1.54) is 0 Å². The molecule has 0 bridgehead atoms. The fourth-order valence-corrected chi connectivity index (χ4v) is 1.64. The Morgan fingerprint density at radius 3 is 1.75 bits per heavy atom. The molecular formula is C13H30N2O4S. The zero-order valence-corrected chi connectivity index (χ0v) is 13.4. The first-order valence-corrected chi connectivity index (χ1v) is 8.52. The van der Waals surface area contributed by atoms with Crippen LogP contribution in [0.5, 0.6) is 0 Å². The van der Waals surface area contributed by atoms with Gasteiger partial charge in [0.2, 0.25) is 0 Å². The van der Waals surface area contributed by atoms with E-state index in [0.717, 1.165) is 25.4 Å². The van der Waals surface area contributed by atoms with Crippen LogP contribution in [-0.2, 0) is 18.9 Å². The highest BCUT2D eigenvalue weighted by Crippen LogP contribution is 1.86. The molecule has 0 aliphatic carbocycles. The van der Waals surface area contributed by atoms with Crippen LogP contribution in [0.4, 0.5) is 0 Å². The first-order chi connectivity index (χ1) is 9.91. The quantitative estimate of drug-likeness (QED) is 0.365. The maximum atomic E-state index is 5.42. The molecule has 20 heavy (non-hydrogen) atoms. The van der Waals surface area contributed by atoms with E-state index < -0.39 is 0 Å². The molecule has 122 valence electrons. The maximum Gasteiger partial charge on any atom is 0.0701 e. The van der Waals surface area contributed by atoms with E-state index in [9.17, 15) is 0 Å². The Kier molecular flexibility index (Phi) is 19.2. The van der Waals surface area contributed by atoms with Gasteiger partial charge in [0.25, 0.3) is 0 Å². The monoisotopic (exact) mass is 310 g/mol. The highest BCUT2D eigenvalue weighted by molar-refractivity contribution is 7.98. The van der Waals surface area contributed by atoms with E-state index >= 15 is 0 Å². The second kappa shape index (κ2) is 19.1. The average molecular weight is 310 g/mol. The summed E-state index contributed by atoms with van der Waals surface area (Å²) in [7, 11) is 0. The minimum atomic E-state index is 0.552. The van der Waals surface area contributed by atoms with Gasteiger partial charge in [0.1, 0.15) is 0 Å². The lowest BCUT2D eigenvalue weighted by Crippen LogP contribution is -2.23. The van der Waals surface area contributed by atoms with E-state index in [4.69, 9.17) is 24.7 Å². The number of ether oxygens (including phenoxy) is 4. The van der Waals surface area contributed by atoms with Gasteiger partial charge in [0.05, 0.1) is 52.9 Å². The van der Waals surface area contributed by atoms with Crippen molar-refractivity contribution in [1.29, 1.82) is 0 Å². The fraction of sp³-hybridized carbons (Fsp3) is 1.00. The summed E-state index contributed by atoms with van der Waals surface area (Å²) >= 11 is 1.84. The van der Waals surface area contributed by atoms with E-state index in [1.54, 1.807) is 0 Å². The molecule has 0 amide bonds. The van der Waals surface area contributed by atoms with Gasteiger partial charge in [-0.25, -0.2) is 0 Å². The Morgan fingerprint density at radius 1 is 0.750 bits per heavy atom. The van der Waals surface area contributed by atoms with Crippen LogP contribution in [0.15, 0.2) is 0 Å². The largest absolute Gasteiger partial charge is 0.378 e. The van der Waals surface area contributed by atoms with E-state index in [2.05, 4.69) is 11.6 Å². The molecule has 0 aromatic rings. The molecule has 0 aromatic heterocycles. The minimum absolute atomic E-state index is 0.552. The summed E-state index contributed by atoms with van der Waals surface area (Å²) < 4.78 is 21.3. The second-order valence-corrected chi connectivity index (χ2v) is 4.97. The van der Waals surface area contributed by atoms with Gasteiger partial charge in [-0.2, -0.15) is 11.8 Å². The third-order valence-electron chi connectivity index (χ3n) is 2.28. The van der Waals surface area contributed by atoms with Crippen LogP contribution in [-0.4, -0.2) is 84.5 Å². The van der Waals surface area contributed by atoms with Gasteiger partial charge in [-0.05, 0) is 6.26 Å². The van der Waals surface area contributed by atoms with Crippen LogP contribution in [0.2, 0.25) is 0 Å². The molecule has 3 N–H and O–H groups in total. The number of nitrogens with two attached hydrogens (primary N) is 1. The lowest BCUT2D eigenvalue weighted by Gasteiger charge is -2.07. The first-order valence-electron chi connectivity index (χ1n) is 7.12. The third kappa shape index (κ3) is 18.1. The maximum absolute atomic E-state index is 5.42. The number of rotatable bonds is 17. The van der Waals surface area contributed by atoms with Crippen molar-refractivity contribution in [3.8, 4) is 0 Å². The van der Waals surface area contributed by atoms with Crippen molar-refractivity contribution in [2.75, 3.05) is 84.5 Å². The lowest BCUT2D eigenvalue weighted by atomic mass is 10.6. The van der Waals surface area contributed by atoms with Crippen molar-refractivity contribution in [3.05, 3.63) is 0 Å². The van der Waals surface area contributed by atoms with Crippen molar-refractivity contribution in [2.45, 2.75) is 0 Å². The summed E-state index contributed by atoms with van der Waals surface area (Å²) in [6, 6.07) is 0. The zero-order valence-electron chi connectivity index (χ0n) is 12.6. The third-order valence-corrected chi connectivity index (χ3v) is 2.90. The van der Waals surface area contributed by atoms with Gasteiger partial charge in [-0.15, -0.1) is 0 Å². The van der Waals surface area contributed by atoms with Crippen LogP contribution >= 0.6 is 11.8 Å². The molecule has 0 radical (unpaired) electrons. The van der Waals surface area contributed by atoms with Gasteiger partial charge in [-0.3, -0.25) is 0 Å². The summed E-state index contributed by atoms with van der Waals surface area (Å²) in [6.07, 6.45) is 2.10. The number of thioether (sulfide) groups is 1. The molecule has 0 fully saturated rings. The Morgan fingerprint density at radius 2 is 1.25 bits per heavy atom. The van der Waals surface area contributed by atoms with Gasteiger partial charge in [0.15, 0.2) is 0 Å². The molecule has 0 aliphatic rings. The van der Waals surface area contributed by atoms with Gasteiger partial charge < -0.3 is 30.0 Å². The molecule has 7 heteroatoms. The standard InChI is InChI=1S/C13H30N2O4S/c1-20-13-4-15-3-6-17-8-10-19-12-11-18-9-7-16-5-2-14/h15H,2-14H2,1H3. The molecule has 0 saturated heterocycles. The van der Waals surface area contributed by atoms with Crippen molar-refractivity contribution in [3.63, 3.8) is 0 Å². The molecule has 0 heterocycles. The molecule has 0 aromatic carbocycles. The molecule has 0 atom stereocenters. The summed E-state index contributed by atoms with van der Waals surface area (Å²) in [5.74, 6) is 1.14. The van der Waals surface area contributed by atoms with Crippen molar-refractivity contribution in [2.24, 2.45) is 5.73 Å². The number of hydrogen-bond donors (Lipinski definition) is 2. The number of nitrogens with one attached hydrogen (secondary N) is 1. The average Bonchev–Trinajstić information content (AvgIpc) is 2.47. The highest BCUT2D eigenvalue weighted by atomic mass is 32.2. The molecule has 0 unspecified atom stereocenters. The Labute approximate surface area is 127 Å². The Bertz CT molecular complexity index is 160. The predicted octanol–water partition coefficient (Wildman–Crippen LogP) is -0.0359. The topological polar surface area (TPSA) is 75.0 Å². The fourth-order valence-electron chi connectivity index (χ4n) is 1.29. The van der Waals surface area contributed by atoms with E-state index in [0.29, 0.717) is 52.8 Å². The first kappa shape index (κ1) is 20.1. The van der Waals surface area contributed by atoms with Crippen molar-refractivity contribution in [1.82, 2.24) is 5.32 Å². The zero-order chi connectivity index (χ0) is 14.7. The van der Waals surface area contributed by atoms with Crippen LogP contribution < -0.4 is 11.1 Å². The molecule has 0 rings (SSSR count). The normalized spacial score (nSPS) is 11.1. The Hall–Kier alpha value is 0.110. The highest BCUT2D eigenvalue weighted by Gasteiger charge is 1.92. The molecule has 0 aliphatic heterocycles. The predicted molar refractivity (Wildman–Crippen MR) is 83.6 cm³/mol. The lowest BCUT2D eigenvalue weighted by molar-refractivity contribution is -0.000592. The van der Waals surface area contributed by atoms with Crippen LogP contribution in [0.1, 0.15) is 0 Å². The summed E-state index contributed by atoms with van der Waals surface area (Å²) in [6.45, 7) is 7.38. The van der Waals surface area contributed by atoms with Gasteiger partial charge >= 0.3 is 0 Å². The minimum Gasteiger partial charge on any atom is -0.378 e. The van der Waals surface area contributed by atoms with Gasteiger partial charge in [-0.1, -0.05) is 0 Å². The van der Waals surface area contributed by atoms with Crippen molar-refractivity contribution >= 4 is 11.8 Å². The summed E-state index contributed by atoms with van der Waals surface area (Å²) in [5.41, 5.74) is 5.29. The molecular weight excluding hydrogens is 280 g/mol. The molecule has 0 saturated carbocycles. The number of hydrogen-bond acceptors (Lipinski definition) is 7. The van der Waals surface area contributed by atoms with Crippen LogP contribution in [0.3, 0.4) is 0 Å². The van der Waals surface area contributed by atoms with E-state index in [1.807, 2.05) is 11.8 Å². The molecule has 0 spiro atoms. The Balaban J connectivity index is 2.89. The molecule has 6 nitrogen and oxygen atoms in total.